The molecule has 0 heterocycles. The lowest BCUT2D eigenvalue weighted by molar-refractivity contribution is 0.470. The predicted molar refractivity (Wildman–Crippen MR) is 115 cm³/mol. The minimum absolute atomic E-state index is 0.0169. The molecule has 7 heteroatoms. The summed E-state index contributed by atoms with van der Waals surface area (Å²) in [6, 6.07) is 20.9. The van der Waals surface area contributed by atoms with Gasteiger partial charge in [0.2, 0.25) is 0 Å². The van der Waals surface area contributed by atoms with Crippen LogP contribution in [0.2, 0.25) is 5.02 Å². The molecule has 0 aliphatic carbocycles. The van der Waals surface area contributed by atoms with Crippen LogP contribution in [-0.2, 0) is 10.0 Å². The summed E-state index contributed by atoms with van der Waals surface area (Å²) in [5.41, 5.74) is 0.990. The molecule has 4 aromatic rings. The van der Waals surface area contributed by atoms with E-state index >= 15 is 0 Å². The first-order valence-corrected chi connectivity index (χ1v) is 10.5. The molecular formula is C22H16ClNO4S. The van der Waals surface area contributed by atoms with E-state index in [4.69, 9.17) is 11.6 Å². The molecule has 0 saturated heterocycles. The molecule has 0 radical (unpaired) electrons. The molecule has 0 atom stereocenters. The van der Waals surface area contributed by atoms with E-state index in [9.17, 15) is 18.6 Å². The van der Waals surface area contributed by atoms with Crippen molar-refractivity contribution in [2.24, 2.45) is 0 Å². The van der Waals surface area contributed by atoms with Crippen LogP contribution in [0, 0.1) is 0 Å². The van der Waals surface area contributed by atoms with Gasteiger partial charge < -0.3 is 10.2 Å². The van der Waals surface area contributed by atoms with Gasteiger partial charge in [0.25, 0.3) is 10.0 Å². The van der Waals surface area contributed by atoms with E-state index in [1.165, 1.54) is 42.5 Å². The van der Waals surface area contributed by atoms with E-state index in [0.29, 0.717) is 16.1 Å². The monoisotopic (exact) mass is 425 g/mol. The molecule has 0 unspecified atom stereocenters. The van der Waals surface area contributed by atoms with Gasteiger partial charge in [-0.2, -0.15) is 0 Å². The molecule has 146 valence electrons. The van der Waals surface area contributed by atoms with Crippen LogP contribution in [0.3, 0.4) is 0 Å². The third kappa shape index (κ3) is 3.72. The summed E-state index contributed by atoms with van der Waals surface area (Å²) < 4.78 is 27.8. The van der Waals surface area contributed by atoms with Crippen molar-refractivity contribution < 1.29 is 18.6 Å². The van der Waals surface area contributed by atoms with E-state index in [-0.39, 0.29) is 22.1 Å². The van der Waals surface area contributed by atoms with Gasteiger partial charge in [-0.3, -0.25) is 4.72 Å². The maximum absolute atomic E-state index is 12.7. The molecular weight excluding hydrogens is 410 g/mol. The quantitative estimate of drug-likeness (QED) is 0.383. The van der Waals surface area contributed by atoms with Crippen LogP contribution in [0.1, 0.15) is 0 Å². The zero-order valence-corrected chi connectivity index (χ0v) is 16.6. The number of aromatic hydroxyl groups is 2. The molecule has 4 aromatic carbocycles. The second-order valence-electron chi connectivity index (χ2n) is 6.47. The minimum Gasteiger partial charge on any atom is -0.507 e. The van der Waals surface area contributed by atoms with Crippen LogP contribution < -0.4 is 4.72 Å². The number of sulfonamides is 1. The Morgan fingerprint density at radius 1 is 0.793 bits per heavy atom. The predicted octanol–water partition coefficient (Wildman–Crippen LogP) is 5.37. The minimum atomic E-state index is -3.85. The van der Waals surface area contributed by atoms with Gasteiger partial charge in [-0.1, -0.05) is 41.9 Å². The van der Waals surface area contributed by atoms with Crippen molar-refractivity contribution in [2.45, 2.75) is 4.90 Å². The van der Waals surface area contributed by atoms with E-state index < -0.39 is 10.0 Å². The van der Waals surface area contributed by atoms with Crippen LogP contribution in [0.25, 0.3) is 21.9 Å². The van der Waals surface area contributed by atoms with Crippen molar-refractivity contribution in [3.8, 4) is 22.6 Å². The highest BCUT2D eigenvalue weighted by molar-refractivity contribution is 7.92. The normalized spacial score (nSPS) is 11.5. The molecule has 0 aliphatic rings. The maximum atomic E-state index is 12.7. The van der Waals surface area contributed by atoms with Crippen LogP contribution in [0.15, 0.2) is 83.8 Å². The molecule has 0 saturated carbocycles. The van der Waals surface area contributed by atoms with Crippen molar-refractivity contribution in [1.29, 1.82) is 0 Å². The highest BCUT2D eigenvalue weighted by Crippen LogP contribution is 2.41. The number of benzene rings is 4. The first-order valence-electron chi connectivity index (χ1n) is 8.68. The lowest BCUT2D eigenvalue weighted by atomic mass is 9.96. The number of hydrogen-bond donors (Lipinski definition) is 3. The van der Waals surface area contributed by atoms with Gasteiger partial charge in [-0.15, -0.1) is 0 Å². The topological polar surface area (TPSA) is 86.6 Å². The Kier molecular flexibility index (Phi) is 4.82. The fourth-order valence-corrected chi connectivity index (χ4v) is 4.35. The number of hydrogen-bond acceptors (Lipinski definition) is 4. The van der Waals surface area contributed by atoms with E-state index in [2.05, 4.69) is 4.72 Å². The van der Waals surface area contributed by atoms with Crippen LogP contribution in [0.5, 0.6) is 11.5 Å². The standard InChI is InChI=1S/C22H16ClNO4S/c23-15-6-9-17(10-7-15)29(27,28)24-16-8-12-20(25)19(13-16)22-18-4-2-1-3-14(18)5-11-21(22)26/h1-13,24-26H. The number of anilines is 1. The van der Waals surface area contributed by atoms with Crippen LogP contribution in [-0.4, -0.2) is 18.6 Å². The van der Waals surface area contributed by atoms with E-state index in [1.807, 2.05) is 24.3 Å². The second kappa shape index (κ2) is 7.31. The number of phenolic OH excluding ortho intramolecular Hbond substituents is 2. The highest BCUT2D eigenvalue weighted by atomic mass is 35.5. The van der Waals surface area contributed by atoms with Crippen molar-refractivity contribution in [3.05, 3.63) is 83.9 Å². The molecule has 3 N–H and O–H groups in total. The summed E-state index contributed by atoms with van der Waals surface area (Å²) >= 11 is 5.82. The first-order chi connectivity index (χ1) is 13.8. The summed E-state index contributed by atoms with van der Waals surface area (Å²) in [7, 11) is -3.85. The van der Waals surface area contributed by atoms with Gasteiger partial charge in [-0.05, 0) is 59.3 Å². The fourth-order valence-electron chi connectivity index (χ4n) is 3.17. The van der Waals surface area contributed by atoms with Crippen LogP contribution >= 0.6 is 11.6 Å². The smallest absolute Gasteiger partial charge is 0.261 e. The Hall–Kier alpha value is -3.22. The van der Waals surface area contributed by atoms with Gasteiger partial charge in [0.1, 0.15) is 11.5 Å². The molecule has 5 nitrogen and oxygen atoms in total. The average Bonchev–Trinajstić information content (AvgIpc) is 2.70. The SMILES string of the molecule is O=S(=O)(Nc1ccc(O)c(-c2c(O)ccc3ccccc23)c1)c1ccc(Cl)cc1. The maximum Gasteiger partial charge on any atom is 0.261 e. The number of nitrogens with one attached hydrogen (secondary N) is 1. The van der Waals surface area contributed by atoms with E-state index in [0.717, 1.165) is 10.8 Å². The highest BCUT2D eigenvalue weighted by Gasteiger charge is 2.17. The number of fused-ring (bicyclic) bond motifs is 1. The molecule has 0 spiro atoms. The summed E-state index contributed by atoms with van der Waals surface area (Å²) in [6.07, 6.45) is 0. The third-order valence-electron chi connectivity index (χ3n) is 4.55. The average molecular weight is 426 g/mol. The Labute approximate surface area is 172 Å². The molecule has 0 aliphatic heterocycles. The summed E-state index contributed by atoms with van der Waals surface area (Å²) in [5.74, 6) is -0.0946. The third-order valence-corrected chi connectivity index (χ3v) is 6.20. The molecule has 0 bridgehead atoms. The Morgan fingerprint density at radius 3 is 2.24 bits per heavy atom. The van der Waals surface area contributed by atoms with Crippen molar-refractivity contribution in [2.75, 3.05) is 4.72 Å². The van der Waals surface area contributed by atoms with Gasteiger partial charge >= 0.3 is 0 Å². The molecule has 0 amide bonds. The zero-order chi connectivity index (χ0) is 20.6. The lowest BCUT2D eigenvalue weighted by Crippen LogP contribution is -2.12. The van der Waals surface area contributed by atoms with Crippen molar-refractivity contribution >= 4 is 38.1 Å². The van der Waals surface area contributed by atoms with Crippen molar-refractivity contribution in [3.63, 3.8) is 0 Å². The Balaban J connectivity index is 1.80. The summed E-state index contributed by atoms with van der Waals surface area (Å²) in [4.78, 5) is 0.0598. The lowest BCUT2D eigenvalue weighted by Gasteiger charge is -2.14. The molecule has 4 rings (SSSR count). The zero-order valence-electron chi connectivity index (χ0n) is 15.0. The van der Waals surface area contributed by atoms with Crippen molar-refractivity contribution in [1.82, 2.24) is 0 Å². The van der Waals surface area contributed by atoms with E-state index in [1.54, 1.807) is 12.1 Å². The van der Waals surface area contributed by atoms with Gasteiger partial charge in [0.15, 0.2) is 0 Å². The Morgan fingerprint density at radius 2 is 1.48 bits per heavy atom. The fraction of sp³-hybridized carbons (Fsp3) is 0. The Bertz CT molecular complexity index is 1320. The van der Waals surface area contributed by atoms with Gasteiger partial charge in [-0.25, -0.2) is 8.42 Å². The molecule has 29 heavy (non-hydrogen) atoms. The first kappa shape index (κ1) is 19.1. The summed E-state index contributed by atoms with van der Waals surface area (Å²) in [6.45, 7) is 0. The van der Waals surface area contributed by atoms with Gasteiger partial charge in [0.05, 0.1) is 4.90 Å². The molecule has 0 aromatic heterocycles. The second-order valence-corrected chi connectivity index (χ2v) is 8.59. The van der Waals surface area contributed by atoms with Gasteiger partial charge in [0, 0.05) is 21.8 Å². The number of rotatable bonds is 4. The number of phenols is 2. The number of halogens is 1. The van der Waals surface area contributed by atoms with Crippen LogP contribution in [0.4, 0.5) is 5.69 Å². The summed E-state index contributed by atoms with van der Waals surface area (Å²) in [5, 5.41) is 22.9. The molecule has 0 fully saturated rings. The largest absolute Gasteiger partial charge is 0.507 e.